The van der Waals surface area contributed by atoms with Crippen molar-refractivity contribution in [2.75, 3.05) is 24.1 Å². The molecule has 0 aliphatic carbocycles. The lowest BCUT2D eigenvalue weighted by Crippen LogP contribution is -2.18. The molecule has 3 N–H and O–H groups in total. The minimum atomic E-state index is -3.36. The first kappa shape index (κ1) is 14.1. The molecule has 0 saturated heterocycles. The molecule has 1 aromatic carbocycles. The number of sulfonamides is 1. The molecule has 0 unspecified atom stereocenters. The summed E-state index contributed by atoms with van der Waals surface area (Å²) >= 11 is 5.83. The first-order valence-electron chi connectivity index (χ1n) is 5.02. The predicted molar refractivity (Wildman–Crippen MR) is 69.1 cm³/mol. The number of nitrogens with one attached hydrogen (secondary N) is 1. The van der Waals surface area contributed by atoms with Crippen LogP contribution in [0.2, 0.25) is 5.02 Å². The zero-order valence-corrected chi connectivity index (χ0v) is 11.0. The molecule has 0 aliphatic rings. The monoisotopic (exact) mass is 278 g/mol. The Morgan fingerprint density at radius 2 is 2.18 bits per heavy atom. The van der Waals surface area contributed by atoms with Crippen LogP contribution in [0.15, 0.2) is 18.2 Å². The summed E-state index contributed by atoms with van der Waals surface area (Å²) in [5.74, 6) is 0.416. The predicted octanol–water partition coefficient (Wildman–Crippen LogP) is 1.44. The summed E-state index contributed by atoms with van der Waals surface area (Å²) in [7, 11) is -1.90. The molecule has 1 rings (SSSR count). The van der Waals surface area contributed by atoms with Crippen LogP contribution in [-0.4, -0.2) is 27.8 Å². The first-order chi connectivity index (χ1) is 7.98. The van der Waals surface area contributed by atoms with Crippen LogP contribution in [0.3, 0.4) is 0 Å². The third kappa shape index (κ3) is 4.41. The average molecular weight is 279 g/mol. The number of benzene rings is 1. The van der Waals surface area contributed by atoms with Crippen molar-refractivity contribution in [2.24, 2.45) is 5.73 Å². The van der Waals surface area contributed by atoms with E-state index in [1.807, 2.05) is 0 Å². The molecule has 0 spiro atoms. The Morgan fingerprint density at radius 3 is 2.76 bits per heavy atom. The molecule has 0 heterocycles. The van der Waals surface area contributed by atoms with E-state index in [1.165, 1.54) is 13.2 Å². The van der Waals surface area contributed by atoms with Gasteiger partial charge < -0.3 is 10.5 Å². The second-order valence-corrected chi connectivity index (χ2v) is 5.66. The molecule has 0 bridgehead atoms. The average Bonchev–Trinajstić information content (AvgIpc) is 2.29. The van der Waals surface area contributed by atoms with E-state index >= 15 is 0 Å². The van der Waals surface area contributed by atoms with Crippen molar-refractivity contribution < 1.29 is 13.2 Å². The summed E-state index contributed by atoms with van der Waals surface area (Å²) < 4.78 is 30.6. The SMILES string of the molecule is COc1cc(NS(=O)(=O)CCCN)ccc1Cl. The van der Waals surface area contributed by atoms with Gasteiger partial charge in [0.05, 0.1) is 23.6 Å². The lowest BCUT2D eigenvalue weighted by molar-refractivity contribution is 0.415. The molecule has 96 valence electrons. The molecule has 0 aromatic heterocycles. The lowest BCUT2D eigenvalue weighted by atomic mass is 10.3. The maximum atomic E-state index is 11.6. The Morgan fingerprint density at radius 1 is 1.47 bits per heavy atom. The minimum absolute atomic E-state index is 0.00551. The van der Waals surface area contributed by atoms with Gasteiger partial charge in [-0.05, 0) is 25.1 Å². The van der Waals surface area contributed by atoms with E-state index in [-0.39, 0.29) is 5.75 Å². The Hall–Kier alpha value is -0.980. The molecular weight excluding hydrogens is 264 g/mol. The number of nitrogens with two attached hydrogens (primary N) is 1. The van der Waals surface area contributed by atoms with Crippen LogP contribution < -0.4 is 15.2 Å². The standard InChI is InChI=1S/C10H15ClN2O3S/c1-16-10-7-8(3-4-9(10)11)13-17(14,15)6-2-5-12/h3-4,7,13H,2,5-6,12H2,1H3. The van der Waals surface area contributed by atoms with Crippen LogP contribution in [0.25, 0.3) is 0 Å². The van der Waals surface area contributed by atoms with Crippen molar-refractivity contribution >= 4 is 27.3 Å². The third-order valence-electron chi connectivity index (χ3n) is 2.04. The van der Waals surface area contributed by atoms with Gasteiger partial charge in [0.1, 0.15) is 5.75 Å². The van der Waals surface area contributed by atoms with Gasteiger partial charge in [-0.1, -0.05) is 11.6 Å². The van der Waals surface area contributed by atoms with Gasteiger partial charge in [0.15, 0.2) is 0 Å². The summed E-state index contributed by atoms with van der Waals surface area (Å²) in [6.45, 7) is 0.338. The second-order valence-electron chi connectivity index (χ2n) is 3.41. The molecule has 0 fully saturated rings. The van der Waals surface area contributed by atoms with Gasteiger partial charge in [0.2, 0.25) is 10.0 Å². The zero-order valence-electron chi connectivity index (χ0n) is 9.44. The van der Waals surface area contributed by atoms with Gasteiger partial charge in [-0.25, -0.2) is 8.42 Å². The quantitative estimate of drug-likeness (QED) is 0.825. The van der Waals surface area contributed by atoms with E-state index in [2.05, 4.69) is 4.72 Å². The van der Waals surface area contributed by atoms with Crippen LogP contribution in [0.1, 0.15) is 6.42 Å². The van der Waals surface area contributed by atoms with Gasteiger partial charge >= 0.3 is 0 Å². The fraction of sp³-hybridized carbons (Fsp3) is 0.400. The summed E-state index contributed by atoms with van der Waals surface area (Å²) in [6, 6.07) is 4.67. The van der Waals surface area contributed by atoms with Crippen LogP contribution in [0.5, 0.6) is 5.75 Å². The van der Waals surface area contributed by atoms with Crippen LogP contribution in [0, 0.1) is 0 Å². The van der Waals surface area contributed by atoms with Crippen molar-refractivity contribution in [3.8, 4) is 5.75 Å². The summed E-state index contributed by atoms with van der Waals surface area (Å²) in [5.41, 5.74) is 5.68. The summed E-state index contributed by atoms with van der Waals surface area (Å²) in [6.07, 6.45) is 0.417. The second kappa shape index (κ2) is 6.09. The highest BCUT2D eigenvalue weighted by Gasteiger charge is 2.11. The highest BCUT2D eigenvalue weighted by atomic mass is 35.5. The Labute approximate surface area is 106 Å². The molecule has 7 heteroatoms. The molecule has 0 aliphatic heterocycles. The molecule has 17 heavy (non-hydrogen) atoms. The Bertz CT molecular complexity index is 476. The van der Waals surface area contributed by atoms with Gasteiger partial charge in [-0.15, -0.1) is 0 Å². The minimum Gasteiger partial charge on any atom is -0.495 e. The summed E-state index contributed by atoms with van der Waals surface area (Å²) in [4.78, 5) is 0. The van der Waals surface area contributed by atoms with Gasteiger partial charge in [0.25, 0.3) is 0 Å². The van der Waals surface area contributed by atoms with Crippen LogP contribution in [-0.2, 0) is 10.0 Å². The number of hydrogen-bond acceptors (Lipinski definition) is 4. The first-order valence-corrected chi connectivity index (χ1v) is 7.05. The van der Waals surface area contributed by atoms with Crippen molar-refractivity contribution in [1.82, 2.24) is 0 Å². The lowest BCUT2D eigenvalue weighted by Gasteiger charge is -2.09. The summed E-state index contributed by atoms with van der Waals surface area (Å²) in [5, 5.41) is 0.428. The number of rotatable bonds is 6. The fourth-order valence-corrected chi connectivity index (χ4v) is 2.56. The highest BCUT2D eigenvalue weighted by molar-refractivity contribution is 7.92. The molecule has 0 saturated carbocycles. The molecule has 0 radical (unpaired) electrons. The van der Waals surface area contributed by atoms with Crippen LogP contribution in [0.4, 0.5) is 5.69 Å². The number of halogens is 1. The van der Waals surface area contributed by atoms with Crippen molar-refractivity contribution in [1.29, 1.82) is 0 Å². The number of anilines is 1. The van der Waals surface area contributed by atoms with Gasteiger partial charge in [-0.3, -0.25) is 4.72 Å². The molecule has 1 aromatic rings. The number of hydrogen-bond donors (Lipinski definition) is 2. The number of methoxy groups -OCH3 is 1. The normalized spacial score (nSPS) is 11.2. The van der Waals surface area contributed by atoms with Crippen molar-refractivity contribution in [2.45, 2.75) is 6.42 Å². The smallest absolute Gasteiger partial charge is 0.232 e. The van der Waals surface area contributed by atoms with E-state index in [9.17, 15) is 8.42 Å². The van der Waals surface area contributed by atoms with Crippen molar-refractivity contribution in [3.05, 3.63) is 23.2 Å². The zero-order chi connectivity index (χ0) is 12.9. The largest absolute Gasteiger partial charge is 0.495 e. The highest BCUT2D eigenvalue weighted by Crippen LogP contribution is 2.27. The van der Waals surface area contributed by atoms with E-state index < -0.39 is 10.0 Å². The van der Waals surface area contributed by atoms with Gasteiger partial charge in [-0.2, -0.15) is 0 Å². The molecule has 0 atom stereocenters. The van der Waals surface area contributed by atoms with Crippen molar-refractivity contribution in [3.63, 3.8) is 0 Å². The maximum absolute atomic E-state index is 11.6. The topological polar surface area (TPSA) is 81.4 Å². The van der Waals surface area contributed by atoms with E-state index in [4.69, 9.17) is 22.1 Å². The van der Waals surface area contributed by atoms with E-state index in [0.717, 1.165) is 0 Å². The van der Waals surface area contributed by atoms with Crippen LogP contribution >= 0.6 is 11.6 Å². The Kier molecular flexibility index (Phi) is 5.04. The molecule has 0 amide bonds. The van der Waals surface area contributed by atoms with E-state index in [1.54, 1.807) is 12.1 Å². The van der Waals surface area contributed by atoms with E-state index in [0.29, 0.717) is 29.4 Å². The third-order valence-corrected chi connectivity index (χ3v) is 3.73. The fourth-order valence-electron chi connectivity index (χ4n) is 1.23. The number of ether oxygens (including phenoxy) is 1. The molecular formula is C10H15ClN2O3S. The Balaban J connectivity index is 2.81. The molecule has 5 nitrogen and oxygen atoms in total. The van der Waals surface area contributed by atoms with Gasteiger partial charge in [0, 0.05) is 6.07 Å². The maximum Gasteiger partial charge on any atom is 0.232 e.